The van der Waals surface area contributed by atoms with Crippen molar-refractivity contribution in [3.8, 4) is 0 Å². The van der Waals surface area contributed by atoms with E-state index in [9.17, 15) is 5.11 Å². The number of rotatable bonds is 2. The Morgan fingerprint density at radius 2 is 1.73 bits per heavy atom. The molecular weight excluding hydrogens is 136 g/mol. The highest BCUT2D eigenvalue weighted by atomic mass is 16.3. The molecule has 0 bridgehead atoms. The predicted octanol–water partition coefficient (Wildman–Crippen LogP) is 2.73. The number of aliphatic hydroxyl groups is 1. The van der Waals surface area contributed by atoms with Crippen LogP contribution in [0, 0.1) is 5.92 Å². The fourth-order valence-electron chi connectivity index (χ4n) is 2.08. The first-order valence-electron chi connectivity index (χ1n) is 4.97. The van der Waals surface area contributed by atoms with Gasteiger partial charge in [0.25, 0.3) is 0 Å². The summed E-state index contributed by atoms with van der Waals surface area (Å²) in [6.07, 6.45) is 9.25. The van der Waals surface area contributed by atoms with Crippen molar-refractivity contribution in [2.45, 2.75) is 58.0 Å². The first kappa shape index (κ1) is 9.05. The maximum atomic E-state index is 9.20. The smallest absolute Gasteiger partial charge is 0.0514 e. The van der Waals surface area contributed by atoms with Crippen molar-refractivity contribution in [2.24, 2.45) is 5.92 Å². The summed E-state index contributed by atoms with van der Waals surface area (Å²) in [5, 5.41) is 9.20. The third-order valence-corrected chi connectivity index (χ3v) is 2.65. The molecule has 0 amide bonds. The Morgan fingerprint density at radius 1 is 1.18 bits per heavy atom. The van der Waals surface area contributed by atoms with Crippen molar-refractivity contribution >= 4 is 0 Å². The van der Waals surface area contributed by atoms with E-state index in [-0.39, 0.29) is 6.10 Å². The molecule has 1 nitrogen and oxygen atoms in total. The van der Waals surface area contributed by atoms with Crippen LogP contribution in [0.15, 0.2) is 0 Å². The second-order valence-corrected chi connectivity index (χ2v) is 3.94. The van der Waals surface area contributed by atoms with E-state index in [2.05, 4.69) is 0 Å². The van der Waals surface area contributed by atoms with E-state index in [0.29, 0.717) is 0 Å². The lowest BCUT2D eigenvalue weighted by Gasteiger charge is -2.14. The van der Waals surface area contributed by atoms with E-state index in [1.165, 1.54) is 38.5 Å². The topological polar surface area (TPSA) is 20.2 Å². The van der Waals surface area contributed by atoms with Gasteiger partial charge in [-0.05, 0) is 19.3 Å². The van der Waals surface area contributed by atoms with Gasteiger partial charge in [-0.1, -0.05) is 38.5 Å². The van der Waals surface area contributed by atoms with Crippen LogP contribution < -0.4 is 0 Å². The minimum atomic E-state index is -0.0851. The Balaban J connectivity index is 2.20. The van der Waals surface area contributed by atoms with Gasteiger partial charge in [0.2, 0.25) is 0 Å². The van der Waals surface area contributed by atoms with Crippen molar-refractivity contribution in [2.75, 3.05) is 0 Å². The van der Waals surface area contributed by atoms with Crippen molar-refractivity contribution < 1.29 is 5.11 Å². The number of hydrogen-bond acceptors (Lipinski definition) is 1. The van der Waals surface area contributed by atoms with Crippen molar-refractivity contribution in [3.05, 3.63) is 0 Å². The molecule has 11 heavy (non-hydrogen) atoms. The van der Waals surface area contributed by atoms with Crippen LogP contribution in [0.3, 0.4) is 0 Å². The second-order valence-electron chi connectivity index (χ2n) is 3.94. The van der Waals surface area contributed by atoms with Gasteiger partial charge in [0.1, 0.15) is 0 Å². The quantitative estimate of drug-likeness (QED) is 0.609. The fourth-order valence-corrected chi connectivity index (χ4v) is 2.08. The van der Waals surface area contributed by atoms with Crippen LogP contribution in [-0.4, -0.2) is 11.2 Å². The minimum absolute atomic E-state index is 0.0851. The lowest BCUT2D eigenvalue weighted by Crippen LogP contribution is -2.09. The van der Waals surface area contributed by atoms with Gasteiger partial charge in [-0.25, -0.2) is 0 Å². The molecule has 1 rings (SSSR count). The molecule has 0 aliphatic heterocycles. The summed E-state index contributed by atoms with van der Waals surface area (Å²) in [5.74, 6) is 0.817. The van der Waals surface area contributed by atoms with Gasteiger partial charge < -0.3 is 5.11 Å². The molecule has 1 fully saturated rings. The summed E-state index contributed by atoms with van der Waals surface area (Å²) in [5.41, 5.74) is 0. The molecule has 1 saturated carbocycles. The van der Waals surface area contributed by atoms with E-state index < -0.39 is 0 Å². The summed E-state index contributed by atoms with van der Waals surface area (Å²) in [6.45, 7) is 1.91. The summed E-state index contributed by atoms with van der Waals surface area (Å²) in [6, 6.07) is 0. The molecule has 0 unspecified atom stereocenters. The van der Waals surface area contributed by atoms with Crippen molar-refractivity contribution in [3.63, 3.8) is 0 Å². The van der Waals surface area contributed by atoms with Gasteiger partial charge in [0.15, 0.2) is 0 Å². The van der Waals surface area contributed by atoms with Crippen LogP contribution >= 0.6 is 0 Å². The van der Waals surface area contributed by atoms with Crippen LogP contribution in [0.25, 0.3) is 0 Å². The van der Waals surface area contributed by atoms with Crippen LogP contribution in [0.4, 0.5) is 0 Å². The standard InChI is InChI=1S/C10H20O/c1-9(11)8-10-6-4-2-3-5-7-10/h9-11H,2-8H2,1H3/t9-/m1/s1. The SMILES string of the molecule is C[C@@H](O)CC1CCCCCC1. The molecule has 1 heteroatoms. The highest BCUT2D eigenvalue weighted by Gasteiger charge is 2.13. The molecule has 0 aromatic heterocycles. The van der Waals surface area contributed by atoms with Gasteiger partial charge in [-0.15, -0.1) is 0 Å². The molecule has 0 aromatic rings. The van der Waals surface area contributed by atoms with Gasteiger partial charge in [-0.2, -0.15) is 0 Å². The molecule has 1 aliphatic carbocycles. The summed E-state index contributed by atoms with van der Waals surface area (Å²) >= 11 is 0. The lowest BCUT2D eigenvalue weighted by molar-refractivity contribution is 0.155. The molecule has 66 valence electrons. The van der Waals surface area contributed by atoms with Gasteiger partial charge in [0, 0.05) is 0 Å². The minimum Gasteiger partial charge on any atom is -0.393 e. The van der Waals surface area contributed by atoms with Gasteiger partial charge in [0.05, 0.1) is 6.10 Å². The largest absolute Gasteiger partial charge is 0.393 e. The number of hydrogen-bond donors (Lipinski definition) is 1. The van der Waals surface area contributed by atoms with E-state index in [1.807, 2.05) is 6.92 Å². The maximum absolute atomic E-state index is 9.20. The molecule has 0 saturated heterocycles. The fraction of sp³-hybridized carbons (Fsp3) is 1.00. The molecule has 0 spiro atoms. The summed E-state index contributed by atoms with van der Waals surface area (Å²) in [4.78, 5) is 0. The van der Waals surface area contributed by atoms with Crippen LogP contribution in [0.1, 0.15) is 51.9 Å². The van der Waals surface area contributed by atoms with E-state index in [1.54, 1.807) is 0 Å². The molecular formula is C10H20O. The van der Waals surface area contributed by atoms with Crippen molar-refractivity contribution in [1.82, 2.24) is 0 Å². The average Bonchev–Trinajstić information content (AvgIpc) is 2.14. The molecule has 1 atom stereocenters. The second kappa shape index (κ2) is 4.76. The van der Waals surface area contributed by atoms with E-state index >= 15 is 0 Å². The summed E-state index contributed by atoms with van der Waals surface area (Å²) < 4.78 is 0. The highest BCUT2D eigenvalue weighted by Crippen LogP contribution is 2.26. The first-order valence-corrected chi connectivity index (χ1v) is 4.97. The Morgan fingerprint density at radius 3 is 2.18 bits per heavy atom. The Kier molecular flexibility index (Phi) is 3.92. The monoisotopic (exact) mass is 156 g/mol. The molecule has 1 aliphatic rings. The molecule has 0 aromatic carbocycles. The maximum Gasteiger partial charge on any atom is 0.0514 e. The Hall–Kier alpha value is -0.0400. The summed E-state index contributed by atoms with van der Waals surface area (Å²) in [7, 11) is 0. The highest BCUT2D eigenvalue weighted by molar-refractivity contribution is 4.66. The normalized spacial score (nSPS) is 24.5. The van der Waals surface area contributed by atoms with Gasteiger partial charge in [-0.3, -0.25) is 0 Å². The molecule has 1 N–H and O–H groups in total. The van der Waals surface area contributed by atoms with Gasteiger partial charge >= 0.3 is 0 Å². The van der Waals surface area contributed by atoms with E-state index in [0.717, 1.165) is 12.3 Å². The van der Waals surface area contributed by atoms with Crippen molar-refractivity contribution in [1.29, 1.82) is 0 Å². The average molecular weight is 156 g/mol. The third kappa shape index (κ3) is 3.76. The predicted molar refractivity (Wildman–Crippen MR) is 47.5 cm³/mol. The zero-order valence-corrected chi connectivity index (χ0v) is 7.55. The first-order chi connectivity index (χ1) is 5.29. The lowest BCUT2D eigenvalue weighted by atomic mass is 9.94. The molecule has 0 heterocycles. The van der Waals surface area contributed by atoms with Crippen LogP contribution in [0.2, 0.25) is 0 Å². The number of aliphatic hydroxyl groups excluding tert-OH is 1. The molecule has 0 radical (unpaired) electrons. The Bertz CT molecular complexity index is 91.0. The third-order valence-electron chi connectivity index (χ3n) is 2.65. The van der Waals surface area contributed by atoms with Crippen LogP contribution in [-0.2, 0) is 0 Å². The Labute approximate surface area is 69.8 Å². The van der Waals surface area contributed by atoms with Crippen LogP contribution in [0.5, 0.6) is 0 Å². The zero-order valence-electron chi connectivity index (χ0n) is 7.55. The van der Waals surface area contributed by atoms with E-state index in [4.69, 9.17) is 0 Å². The zero-order chi connectivity index (χ0) is 8.10.